The molecule has 7 nitrogen and oxygen atoms in total. The molecule has 3 aliphatic carbocycles. The molecule has 52 heavy (non-hydrogen) atoms. The molecule has 0 unspecified atom stereocenters. The number of nitrogens with one attached hydrogen (secondary N) is 2. The van der Waals surface area contributed by atoms with Crippen molar-refractivity contribution in [2.24, 2.45) is 0 Å². The summed E-state index contributed by atoms with van der Waals surface area (Å²) in [6, 6.07) is 11.0. The van der Waals surface area contributed by atoms with Crippen LogP contribution in [0.2, 0.25) is 0 Å². The maximum absolute atomic E-state index is 11.2. The van der Waals surface area contributed by atoms with E-state index in [4.69, 9.17) is 0 Å². The largest absolute Gasteiger partial charge is 1.00 e. The van der Waals surface area contributed by atoms with Crippen LogP contribution in [0.1, 0.15) is 127 Å². The predicted octanol–water partition coefficient (Wildman–Crippen LogP) is 10.9. The number of anilines is 2. The van der Waals surface area contributed by atoms with E-state index in [9.17, 15) is 26.9 Å². The van der Waals surface area contributed by atoms with E-state index in [-0.39, 0.29) is 36.8 Å². The molecule has 14 heteroatoms. The number of pyridine rings is 3. The van der Waals surface area contributed by atoms with E-state index < -0.39 is 7.25 Å². The third-order valence-electron chi connectivity index (χ3n) is 9.93. The van der Waals surface area contributed by atoms with Gasteiger partial charge in [-0.3, -0.25) is 9.59 Å². The number of carbonyl (C=O) groups excluding carboxylic acids is 2. The Hall–Kier alpha value is -2.88. The number of halogens is 4. The number of hydrogen-bond acceptors (Lipinski definition) is 5. The second kappa shape index (κ2) is 21.7. The standard InChI is InChI=1S/C20H19N5O2.C18H33P.BF4.Cu/c1-12-11-16(8-7-15-5-4-6-18(23-15)21-13(2)26)24-20-17(12)9-10-19(25-20)22-14(3)27;1-4-10-16(11-5-1)19(17-12-6-2-7-13-17)18-14-8-3-9-15-18;2-1(3,4)5;/h4-11H,1-3H3,(H,21,23,26)(H,22,24,25,27);16-18H,1-15H2;;/q;;-1;+1/p+1/b8-7+;;;. The van der Waals surface area contributed by atoms with Crippen LogP contribution < -0.4 is 10.6 Å². The topological polar surface area (TPSA) is 96.9 Å². The Labute approximate surface area is 317 Å². The van der Waals surface area contributed by atoms with Crippen molar-refractivity contribution in [1.29, 1.82) is 0 Å². The molecule has 3 saturated carbocycles. The Kier molecular flexibility index (Phi) is 18.2. The molecule has 0 atom stereocenters. The average molecular weight is 793 g/mol. The van der Waals surface area contributed by atoms with Crippen LogP contribution in [-0.2, 0) is 26.7 Å². The third-order valence-corrected chi connectivity index (χ3v) is 14.5. The fourth-order valence-electron chi connectivity index (χ4n) is 7.90. The summed E-state index contributed by atoms with van der Waals surface area (Å²) < 4.78 is 39.0. The zero-order chi connectivity index (χ0) is 36.8. The number of fused-ring (bicyclic) bond motifs is 1. The van der Waals surface area contributed by atoms with Crippen molar-refractivity contribution in [3.8, 4) is 0 Å². The van der Waals surface area contributed by atoms with Crippen LogP contribution in [0.4, 0.5) is 28.9 Å². The van der Waals surface area contributed by atoms with Crippen molar-refractivity contribution < 1.29 is 43.9 Å². The normalized spacial score (nSPS) is 17.4. The molecule has 3 aliphatic rings. The van der Waals surface area contributed by atoms with Crippen molar-refractivity contribution in [1.82, 2.24) is 15.0 Å². The minimum Gasteiger partial charge on any atom is -0.418 e. The summed E-state index contributed by atoms with van der Waals surface area (Å²) >= 11 is 0. The van der Waals surface area contributed by atoms with Gasteiger partial charge in [-0.05, 0) is 132 Å². The predicted molar refractivity (Wildman–Crippen MR) is 205 cm³/mol. The molecule has 0 aromatic carbocycles. The minimum absolute atomic E-state index is 0. The van der Waals surface area contributed by atoms with Crippen LogP contribution in [0.3, 0.4) is 0 Å². The van der Waals surface area contributed by atoms with Crippen molar-refractivity contribution >= 4 is 61.8 Å². The van der Waals surface area contributed by atoms with E-state index in [1.54, 1.807) is 108 Å². The number of hydrogen-bond donors (Lipinski definition) is 2. The summed E-state index contributed by atoms with van der Waals surface area (Å²) in [6.45, 7) is 4.86. The van der Waals surface area contributed by atoms with Gasteiger partial charge < -0.3 is 27.9 Å². The molecule has 0 spiro atoms. The van der Waals surface area contributed by atoms with E-state index in [1.165, 1.54) is 30.8 Å². The van der Waals surface area contributed by atoms with Crippen LogP contribution in [0.25, 0.3) is 23.2 Å². The van der Waals surface area contributed by atoms with Crippen molar-refractivity contribution in [3.63, 3.8) is 0 Å². The van der Waals surface area contributed by atoms with Crippen molar-refractivity contribution in [2.45, 2.75) is 134 Å². The smallest absolute Gasteiger partial charge is 0.418 e. The van der Waals surface area contributed by atoms with Crippen molar-refractivity contribution in [3.05, 3.63) is 53.3 Å². The maximum atomic E-state index is 11.2. The molecule has 3 fully saturated rings. The Morgan fingerprint density at radius 1 is 0.673 bits per heavy atom. The molecule has 3 aromatic heterocycles. The van der Waals surface area contributed by atoms with Crippen LogP contribution in [0.5, 0.6) is 0 Å². The molecular formula is C38H53BCuF4N5O2P+. The summed E-state index contributed by atoms with van der Waals surface area (Å²) in [5.74, 6) is 0.609. The maximum Gasteiger partial charge on any atom is 1.00 e. The van der Waals surface area contributed by atoms with E-state index in [0.29, 0.717) is 23.0 Å². The Bertz CT molecular complexity index is 1570. The first kappa shape index (κ1) is 43.5. The van der Waals surface area contributed by atoms with Gasteiger partial charge in [0.05, 0.1) is 28.4 Å². The first-order chi connectivity index (χ1) is 24.4. The molecule has 0 aliphatic heterocycles. The summed E-state index contributed by atoms with van der Waals surface area (Å²) in [7, 11) is -6.05. The molecule has 2 N–H and O–H groups in total. The Morgan fingerprint density at radius 3 is 1.58 bits per heavy atom. The monoisotopic (exact) mass is 792 g/mol. The van der Waals surface area contributed by atoms with Gasteiger partial charge in [-0.15, -0.1) is 0 Å². The molecular weight excluding hydrogens is 740 g/mol. The zero-order valence-electron chi connectivity index (χ0n) is 30.5. The SMILES string of the molecule is C1CCC([PH+](C2CCCCC2)C2CCCCC2)CC1.CC(=O)Nc1cccc(/C=C/c2cc(C)c3ccc(NC(C)=O)nc3n2)n1.F[B-](F)(F)F.[Cu+]. The number of aryl methyl sites for hydroxylation is 1. The van der Waals surface area contributed by atoms with Gasteiger partial charge in [-0.1, -0.05) is 25.3 Å². The number of amides is 2. The first-order valence-corrected chi connectivity index (χ1v) is 20.3. The number of rotatable bonds is 7. The second-order valence-electron chi connectivity index (χ2n) is 14.1. The van der Waals surface area contributed by atoms with Crippen molar-refractivity contribution in [2.75, 3.05) is 10.6 Å². The molecule has 0 bridgehead atoms. The fourth-order valence-corrected chi connectivity index (χ4v) is 13.1. The number of aromatic nitrogens is 3. The van der Waals surface area contributed by atoms with Gasteiger partial charge in [0.2, 0.25) is 11.8 Å². The van der Waals surface area contributed by atoms with Crippen LogP contribution in [-0.4, -0.2) is 51.0 Å². The summed E-state index contributed by atoms with van der Waals surface area (Å²) in [6.07, 6.45) is 27.4. The van der Waals surface area contributed by atoms with Crippen LogP contribution in [0, 0.1) is 6.92 Å². The quantitative estimate of drug-likeness (QED) is 0.141. The van der Waals surface area contributed by atoms with E-state index in [2.05, 4.69) is 25.6 Å². The molecule has 0 saturated heterocycles. The van der Waals surface area contributed by atoms with Gasteiger partial charge in [-0.2, -0.15) is 0 Å². The molecule has 3 heterocycles. The second-order valence-corrected chi connectivity index (χ2v) is 17.5. The number of carbonyl (C=O) groups is 2. The van der Waals surface area contributed by atoms with Gasteiger partial charge in [0, 0.05) is 27.2 Å². The van der Waals surface area contributed by atoms with E-state index in [1.807, 2.05) is 43.3 Å². The van der Waals surface area contributed by atoms with Crippen LogP contribution in [0.15, 0.2) is 36.4 Å². The average Bonchev–Trinajstić information content (AvgIpc) is 3.08. The number of nitrogens with zero attached hydrogens (tertiary/aromatic N) is 3. The van der Waals surface area contributed by atoms with Crippen LogP contribution >= 0.6 is 7.92 Å². The minimum atomic E-state index is -6.00. The van der Waals surface area contributed by atoms with Gasteiger partial charge in [0.15, 0.2) is 5.65 Å². The Balaban J connectivity index is 0.000000254. The third kappa shape index (κ3) is 15.2. The van der Waals surface area contributed by atoms with E-state index in [0.717, 1.165) is 16.6 Å². The molecule has 6 rings (SSSR count). The van der Waals surface area contributed by atoms with Gasteiger partial charge >= 0.3 is 24.3 Å². The zero-order valence-corrected chi connectivity index (χ0v) is 32.4. The summed E-state index contributed by atoms with van der Waals surface area (Å²) in [4.78, 5) is 35.7. The molecule has 2 amide bonds. The first-order valence-electron chi connectivity index (χ1n) is 18.6. The fraction of sp³-hybridized carbons (Fsp3) is 0.553. The molecule has 288 valence electrons. The summed E-state index contributed by atoms with van der Waals surface area (Å²) in [5, 5.41) is 6.24. The Morgan fingerprint density at radius 2 is 1.12 bits per heavy atom. The summed E-state index contributed by atoms with van der Waals surface area (Å²) in [5.41, 5.74) is 6.68. The molecule has 0 radical (unpaired) electrons. The van der Waals surface area contributed by atoms with E-state index >= 15 is 0 Å². The van der Waals surface area contributed by atoms with Gasteiger partial charge in [-0.25, -0.2) is 15.0 Å². The molecule has 3 aromatic rings. The van der Waals surface area contributed by atoms with Gasteiger partial charge in [0.25, 0.3) is 0 Å². The van der Waals surface area contributed by atoms with Gasteiger partial charge in [0.1, 0.15) is 11.6 Å².